The molecule has 2 aromatic carbocycles. The molecule has 0 heterocycles. The van der Waals surface area contributed by atoms with Crippen LogP contribution in [0.15, 0.2) is 60.0 Å². The molecule has 0 aliphatic carbocycles. The fourth-order valence-electron chi connectivity index (χ4n) is 1.71. The van der Waals surface area contributed by atoms with Gasteiger partial charge in [-0.15, -0.1) is 6.58 Å². The first-order valence-corrected chi connectivity index (χ1v) is 6.62. The third-order valence-electron chi connectivity index (χ3n) is 2.42. The zero-order valence-corrected chi connectivity index (χ0v) is 9.57. The number of fused-ring (bicyclic) bond motifs is 1. The summed E-state index contributed by atoms with van der Waals surface area (Å²) in [4.78, 5) is 0.380. The normalized spacial score (nSPS) is 11.5. The third-order valence-corrected chi connectivity index (χ3v) is 4.12. The summed E-state index contributed by atoms with van der Waals surface area (Å²) in [6, 6.07) is 12.8. The molecule has 0 radical (unpaired) electrons. The van der Waals surface area contributed by atoms with Gasteiger partial charge < -0.3 is 0 Å². The Morgan fingerprint density at radius 3 is 2.50 bits per heavy atom. The number of hydrogen-bond acceptors (Lipinski definition) is 2. The molecule has 0 bridgehead atoms. The minimum absolute atomic E-state index is 0.0268. The van der Waals surface area contributed by atoms with Crippen LogP contribution >= 0.6 is 0 Å². The number of hydrogen-bond donors (Lipinski definition) is 0. The van der Waals surface area contributed by atoms with Crippen LogP contribution in [0.3, 0.4) is 0 Å². The average Bonchev–Trinajstić information content (AvgIpc) is 2.28. The van der Waals surface area contributed by atoms with Crippen molar-refractivity contribution in [2.75, 3.05) is 5.75 Å². The van der Waals surface area contributed by atoms with Gasteiger partial charge in [0.15, 0.2) is 9.84 Å². The SMILES string of the molecule is C=CCS(=O)(=O)c1cccc2ccccc12. The van der Waals surface area contributed by atoms with Crippen molar-refractivity contribution in [3.63, 3.8) is 0 Å². The lowest BCUT2D eigenvalue weighted by Crippen LogP contribution is -2.04. The molecule has 0 amide bonds. The molecule has 16 heavy (non-hydrogen) atoms. The van der Waals surface area contributed by atoms with Gasteiger partial charge >= 0.3 is 0 Å². The van der Waals surface area contributed by atoms with Gasteiger partial charge in [0.2, 0.25) is 0 Å². The Kier molecular flexibility index (Phi) is 2.79. The highest BCUT2D eigenvalue weighted by Crippen LogP contribution is 2.23. The van der Waals surface area contributed by atoms with Gasteiger partial charge in [-0.25, -0.2) is 8.42 Å². The van der Waals surface area contributed by atoms with Crippen molar-refractivity contribution >= 4 is 20.6 Å². The molecule has 0 aromatic heterocycles. The molecule has 2 rings (SSSR count). The predicted molar refractivity (Wildman–Crippen MR) is 66.2 cm³/mol. The Labute approximate surface area is 95.1 Å². The van der Waals surface area contributed by atoms with Gasteiger partial charge in [-0.1, -0.05) is 42.5 Å². The minimum Gasteiger partial charge on any atom is -0.223 e. The van der Waals surface area contributed by atoms with Gasteiger partial charge in [0.1, 0.15) is 0 Å². The first-order valence-electron chi connectivity index (χ1n) is 4.96. The molecule has 0 N–H and O–H groups in total. The van der Waals surface area contributed by atoms with Crippen molar-refractivity contribution in [1.82, 2.24) is 0 Å². The van der Waals surface area contributed by atoms with Gasteiger partial charge in [-0.2, -0.15) is 0 Å². The highest BCUT2D eigenvalue weighted by Gasteiger charge is 2.14. The largest absolute Gasteiger partial charge is 0.223 e. The quantitative estimate of drug-likeness (QED) is 0.762. The summed E-state index contributed by atoms with van der Waals surface area (Å²) in [5, 5.41) is 1.71. The van der Waals surface area contributed by atoms with E-state index in [0.29, 0.717) is 4.90 Å². The topological polar surface area (TPSA) is 34.1 Å². The van der Waals surface area contributed by atoms with E-state index in [1.165, 1.54) is 6.08 Å². The van der Waals surface area contributed by atoms with Crippen molar-refractivity contribution in [3.8, 4) is 0 Å². The van der Waals surface area contributed by atoms with E-state index in [1.54, 1.807) is 12.1 Å². The van der Waals surface area contributed by atoms with E-state index in [1.807, 2.05) is 30.3 Å². The lowest BCUT2D eigenvalue weighted by atomic mass is 10.1. The van der Waals surface area contributed by atoms with E-state index in [9.17, 15) is 8.42 Å². The lowest BCUT2D eigenvalue weighted by molar-refractivity contribution is 0.600. The van der Waals surface area contributed by atoms with E-state index < -0.39 is 9.84 Å². The molecule has 0 aliphatic rings. The molecule has 2 nitrogen and oxygen atoms in total. The van der Waals surface area contributed by atoms with Crippen LogP contribution in [0.2, 0.25) is 0 Å². The van der Waals surface area contributed by atoms with E-state index in [4.69, 9.17) is 0 Å². The smallest absolute Gasteiger partial charge is 0.182 e. The molecule has 3 heteroatoms. The van der Waals surface area contributed by atoms with Gasteiger partial charge in [0, 0.05) is 5.39 Å². The second-order valence-electron chi connectivity index (χ2n) is 3.55. The maximum Gasteiger partial charge on any atom is 0.182 e. The Morgan fingerprint density at radius 2 is 1.75 bits per heavy atom. The molecule has 0 saturated heterocycles. The van der Waals surface area contributed by atoms with Gasteiger partial charge in [0.25, 0.3) is 0 Å². The predicted octanol–water partition coefficient (Wildman–Crippen LogP) is 2.80. The van der Waals surface area contributed by atoms with Gasteiger partial charge in [0.05, 0.1) is 10.6 Å². The van der Waals surface area contributed by atoms with E-state index >= 15 is 0 Å². The Morgan fingerprint density at radius 1 is 1.06 bits per heavy atom. The molecule has 0 atom stereocenters. The molecular weight excluding hydrogens is 220 g/mol. The summed E-state index contributed by atoms with van der Waals surface area (Å²) >= 11 is 0. The number of sulfone groups is 1. The average molecular weight is 232 g/mol. The summed E-state index contributed by atoms with van der Waals surface area (Å²) in [6.07, 6.45) is 1.41. The van der Waals surface area contributed by atoms with Crippen molar-refractivity contribution in [3.05, 3.63) is 55.1 Å². The second-order valence-corrected chi connectivity index (χ2v) is 5.55. The fraction of sp³-hybridized carbons (Fsp3) is 0.0769. The first kappa shape index (κ1) is 10.9. The van der Waals surface area contributed by atoms with Crippen molar-refractivity contribution in [2.24, 2.45) is 0 Å². The lowest BCUT2D eigenvalue weighted by Gasteiger charge is -2.05. The molecule has 82 valence electrons. The third kappa shape index (κ3) is 1.86. The standard InChI is InChI=1S/C13H12O2S/c1-2-10-16(14,15)13-9-5-7-11-6-3-4-8-12(11)13/h2-9H,1,10H2. The molecule has 0 aliphatic heterocycles. The summed E-state index contributed by atoms with van der Waals surface area (Å²) in [5.41, 5.74) is 0. The first-order chi connectivity index (χ1) is 7.65. The Bertz CT molecular complexity index is 622. The highest BCUT2D eigenvalue weighted by molar-refractivity contribution is 7.91. The molecule has 2 aromatic rings. The summed E-state index contributed by atoms with van der Waals surface area (Å²) < 4.78 is 23.9. The number of benzene rings is 2. The summed E-state index contributed by atoms with van der Waals surface area (Å²) in [5.74, 6) is -0.0268. The molecule has 0 saturated carbocycles. The zero-order valence-electron chi connectivity index (χ0n) is 8.76. The van der Waals surface area contributed by atoms with Crippen LogP contribution in [0.1, 0.15) is 0 Å². The number of rotatable bonds is 3. The highest BCUT2D eigenvalue weighted by atomic mass is 32.2. The van der Waals surface area contributed by atoms with Crippen LogP contribution in [-0.2, 0) is 9.84 Å². The molecule has 0 unspecified atom stereocenters. The molecule has 0 spiro atoms. The maximum atomic E-state index is 12.0. The van der Waals surface area contributed by atoms with Crippen molar-refractivity contribution in [2.45, 2.75) is 4.90 Å². The van der Waals surface area contributed by atoms with Crippen LogP contribution in [0.5, 0.6) is 0 Å². The zero-order chi connectivity index (χ0) is 11.6. The van der Waals surface area contributed by atoms with E-state index in [2.05, 4.69) is 6.58 Å². The van der Waals surface area contributed by atoms with Crippen molar-refractivity contribution in [1.29, 1.82) is 0 Å². The van der Waals surface area contributed by atoms with Crippen LogP contribution in [0, 0.1) is 0 Å². The fourth-order valence-corrected chi connectivity index (χ4v) is 3.01. The molecular formula is C13H12O2S. The van der Waals surface area contributed by atoms with Gasteiger partial charge in [-0.05, 0) is 11.5 Å². The van der Waals surface area contributed by atoms with Crippen LogP contribution in [0.25, 0.3) is 10.8 Å². The van der Waals surface area contributed by atoms with Gasteiger partial charge in [-0.3, -0.25) is 0 Å². The Balaban J connectivity index is 2.75. The van der Waals surface area contributed by atoms with E-state index in [-0.39, 0.29) is 5.75 Å². The summed E-state index contributed by atoms with van der Waals surface area (Å²) in [6.45, 7) is 3.47. The van der Waals surface area contributed by atoms with Crippen LogP contribution in [-0.4, -0.2) is 14.2 Å². The maximum absolute atomic E-state index is 12.0. The monoisotopic (exact) mass is 232 g/mol. The van der Waals surface area contributed by atoms with Crippen LogP contribution < -0.4 is 0 Å². The second kappa shape index (κ2) is 4.10. The Hall–Kier alpha value is -1.61. The minimum atomic E-state index is -3.25. The van der Waals surface area contributed by atoms with Crippen LogP contribution in [0.4, 0.5) is 0 Å². The van der Waals surface area contributed by atoms with Crippen molar-refractivity contribution < 1.29 is 8.42 Å². The van der Waals surface area contributed by atoms with E-state index in [0.717, 1.165) is 10.8 Å². The molecule has 0 fully saturated rings. The summed E-state index contributed by atoms with van der Waals surface area (Å²) in [7, 11) is -3.25.